The van der Waals surface area contributed by atoms with Gasteiger partial charge in [0, 0.05) is 0 Å². The second-order valence-electron chi connectivity index (χ2n) is 6.96. The first-order chi connectivity index (χ1) is 14.3. The molecule has 0 aliphatic carbocycles. The predicted octanol–water partition coefficient (Wildman–Crippen LogP) is 3.17. The van der Waals surface area contributed by atoms with Crippen molar-refractivity contribution in [2.24, 2.45) is 0 Å². The van der Waals surface area contributed by atoms with Gasteiger partial charge in [-0.15, -0.1) is 0 Å². The number of benzene rings is 2. The van der Waals surface area contributed by atoms with Crippen molar-refractivity contribution in [3.05, 3.63) is 59.4 Å². The Bertz CT molecular complexity index is 1220. The Hall–Kier alpha value is -3.04. The molecule has 0 radical (unpaired) electrons. The molecule has 1 aliphatic heterocycles. The van der Waals surface area contributed by atoms with Gasteiger partial charge in [0.1, 0.15) is 11.4 Å². The number of carbonyl (C=O) groups is 1. The molecule has 3 rings (SSSR count). The lowest BCUT2D eigenvalue weighted by atomic mass is 10.0. The summed E-state index contributed by atoms with van der Waals surface area (Å²) >= 11 is 5.07. The van der Waals surface area contributed by atoms with E-state index in [1.807, 2.05) is 0 Å². The standard InChI is InChI=1S/C19H13F4N3O3S2/c1-18(10-31(28,29)14-6-3-12(20)4-7-14)16(27)26(17(30)25-18)13-5-2-11(9-24)15(8-13)19(21,22)23/h2-8H,10H2,1H3,(H,25,30)/t18-/m0/s1. The minimum absolute atomic E-state index is 0.230. The van der Waals surface area contributed by atoms with Crippen LogP contribution < -0.4 is 10.2 Å². The van der Waals surface area contributed by atoms with Crippen LogP contribution in [0.4, 0.5) is 23.2 Å². The monoisotopic (exact) mass is 471 g/mol. The van der Waals surface area contributed by atoms with Crippen molar-refractivity contribution in [2.45, 2.75) is 23.5 Å². The van der Waals surface area contributed by atoms with E-state index in [4.69, 9.17) is 17.5 Å². The highest BCUT2D eigenvalue weighted by Gasteiger charge is 2.49. The Morgan fingerprint density at radius 3 is 2.35 bits per heavy atom. The van der Waals surface area contributed by atoms with E-state index < -0.39 is 50.2 Å². The van der Waals surface area contributed by atoms with Crippen molar-refractivity contribution in [1.29, 1.82) is 5.26 Å². The summed E-state index contributed by atoms with van der Waals surface area (Å²) < 4.78 is 78.3. The summed E-state index contributed by atoms with van der Waals surface area (Å²) in [4.78, 5) is 13.5. The van der Waals surface area contributed by atoms with Crippen LogP contribution in [0, 0.1) is 17.1 Å². The number of halogens is 4. The zero-order chi connectivity index (χ0) is 23.2. The maximum atomic E-state index is 13.3. The summed E-state index contributed by atoms with van der Waals surface area (Å²) in [5.74, 6) is -2.31. The highest BCUT2D eigenvalue weighted by molar-refractivity contribution is 7.91. The molecule has 0 bridgehead atoms. The molecular weight excluding hydrogens is 458 g/mol. The molecule has 1 fully saturated rings. The number of carbonyl (C=O) groups excluding carboxylic acids is 1. The first-order valence-corrected chi connectivity index (χ1v) is 10.6. The number of nitrogens with one attached hydrogen (secondary N) is 1. The molecule has 1 aliphatic rings. The number of alkyl halides is 3. The Kier molecular flexibility index (Phi) is 5.54. The van der Waals surface area contributed by atoms with Crippen LogP contribution in [0.3, 0.4) is 0 Å². The van der Waals surface area contributed by atoms with Gasteiger partial charge in [-0.3, -0.25) is 9.69 Å². The summed E-state index contributed by atoms with van der Waals surface area (Å²) in [6.07, 6.45) is -4.85. The lowest BCUT2D eigenvalue weighted by Crippen LogP contribution is -2.49. The number of amides is 1. The maximum Gasteiger partial charge on any atom is 0.417 e. The smallest absolute Gasteiger partial charge is 0.347 e. The van der Waals surface area contributed by atoms with Gasteiger partial charge in [-0.05, 0) is 61.6 Å². The average Bonchev–Trinajstić information content (AvgIpc) is 2.88. The molecular formula is C19H13F4N3O3S2. The number of hydrogen-bond acceptors (Lipinski definition) is 5. The third-order valence-corrected chi connectivity index (χ3v) is 6.83. The van der Waals surface area contributed by atoms with Gasteiger partial charge in [0.2, 0.25) is 0 Å². The van der Waals surface area contributed by atoms with Crippen molar-refractivity contribution in [3.8, 4) is 6.07 Å². The summed E-state index contributed by atoms with van der Waals surface area (Å²) in [7, 11) is -4.08. The van der Waals surface area contributed by atoms with E-state index in [1.54, 1.807) is 0 Å². The van der Waals surface area contributed by atoms with Crippen LogP contribution in [0.2, 0.25) is 0 Å². The highest BCUT2D eigenvalue weighted by Crippen LogP contribution is 2.36. The summed E-state index contributed by atoms with van der Waals surface area (Å²) in [5.41, 5.74) is -3.94. The Labute approximate surface area is 180 Å². The van der Waals surface area contributed by atoms with Crippen LogP contribution in [0.15, 0.2) is 47.4 Å². The second kappa shape index (κ2) is 7.58. The lowest BCUT2D eigenvalue weighted by molar-refractivity contribution is -0.137. The Morgan fingerprint density at radius 1 is 1.19 bits per heavy atom. The van der Waals surface area contributed by atoms with Crippen molar-refractivity contribution in [1.82, 2.24) is 5.32 Å². The minimum atomic E-state index is -4.85. The number of nitrogens with zero attached hydrogens (tertiary/aromatic N) is 2. The molecule has 0 spiro atoms. The van der Waals surface area contributed by atoms with E-state index >= 15 is 0 Å². The van der Waals surface area contributed by atoms with Crippen molar-refractivity contribution < 1.29 is 30.8 Å². The Morgan fingerprint density at radius 2 is 1.81 bits per heavy atom. The van der Waals surface area contributed by atoms with Crippen molar-refractivity contribution in [3.63, 3.8) is 0 Å². The largest absolute Gasteiger partial charge is 0.417 e. The second-order valence-corrected chi connectivity index (χ2v) is 9.33. The molecule has 6 nitrogen and oxygen atoms in total. The molecule has 1 N–H and O–H groups in total. The number of hydrogen-bond donors (Lipinski definition) is 1. The van der Waals surface area contributed by atoms with E-state index in [0.717, 1.165) is 41.3 Å². The SMILES string of the molecule is C[C@@]1(CS(=O)(=O)c2ccc(F)cc2)NC(=S)N(c2ccc(C#N)c(C(F)(F)F)c2)C1=O. The van der Waals surface area contributed by atoms with Crippen LogP contribution in [0.1, 0.15) is 18.1 Å². The molecule has 0 aromatic heterocycles. The molecule has 0 saturated carbocycles. The third kappa shape index (κ3) is 4.24. The number of sulfone groups is 1. The van der Waals surface area contributed by atoms with Gasteiger partial charge in [0.05, 0.1) is 33.5 Å². The van der Waals surface area contributed by atoms with Gasteiger partial charge < -0.3 is 5.32 Å². The molecule has 1 heterocycles. The van der Waals surface area contributed by atoms with E-state index in [1.165, 1.54) is 13.0 Å². The fourth-order valence-electron chi connectivity index (χ4n) is 3.13. The molecule has 162 valence electrons. The molecule has 1 atom stereocenters. The maximum absolute atomic E-state index is 13.3. The summed E-state index contributed by atoms with van der Waals surface area (Å²) in [6.45, 7) is 1.25. The van der Waals surface area contributed by atoms with Gasteiger partial charge in [-0.1, -0.05) is 0 Å². The first-order valence-electron chi connectivity index (χ1n) is 8.55. The molecule has 2 aromatic rings. The summed E-state index contributed by atoms with van der Waals surface area (Å²) in [6, 6.07) is 8.03. The quantitative estimate of drug-likeness (QED) is 0.419. The molecule has 12 heteroatoms. The average molecular weight is 471 g/mol. The zero-order valence-electron chi connectivity index (χ0n) is 15.7. The molecule has 1 amide bonds. The highest BCUT2D eigenvalue weighted by atomic mass is 32.2. The molecule has 2 aromatic carbocycles. The van der Waals surface area contributed by atoms with Crippen LogP contribution in [-0.4, -0.2) is 30.7 Å². The van der Waals surface area contributed by atoms with Gasteiger partial charge in [-0.25, -0.2) is 12.8 Å². The predicted molar refractivity (Wildman–Crippen MR) is 106 cm³/mol. The fourth-order valence-corrected chi connectivity index (χ4v) is 5.21. The van der Waals surface area contributed by atoms with E-state index in [0.29, 0.717) is 6.07 Å². The van der Waals surface area contributed by atoms with Crippen LogP contribution in [0.25, 0.3) is 0 Å². The topological polar surface area (TPSA) is 90.3 Å². The third-order valence-electron chi connectivity index (χ3n) is 4.60. The molecule has 31 heavy (non-hydrogen) atoms. The normalized spacial score (nSPS) is 19.3. The van der Waals surface area contributed by atoms with E-state index in [2.05, 4.69) is 5.32 Å². The molecule has 1 saturated heterocycles. The van der Waals surface area contributed by atoms with Crippen molar-refractivity contribution >= 4 is 38.8 Å². The van der Waals surface area contributed by atoms with Gasteiger partial charge in [-0.2, -0.15) is 18.4 Å². The van der Waals surface area contributed by atoms with E-state index in [-0.39, 0.29) is 15.7 Å². The fraction of sp³-hybridized carbons (Fsp3) is 0.211. The van der Waals surface area contributed by atoms with E-state index in [9.17, 15) is 30.8 Å². The number of nitriles is 1. The van der Waals surface area contributed by atoms with Crippen LogP contribution >= 0.6 is 12.2 Å². The first kappa shape index (κ1) is 22.6. The van der Waals surface area contributed by atoms with Crippen LogP contribution in [0.5, 0.6) is 0 Å². The van der Waals surface area contributed by atoms with Crippen molar-refractivity contribution in [2.75, 3.05) is 10.7 Å². The molecule has 0 unspecified atom stereocenters. The van der Waals surface area contributed by atoms with Gasteiger partial charge in [0.25, 0.3) is 5.91 Å². The number of anilines is 1. The number of rotatable bonds is 4. The number of thiocarbonyl (C=S) groups is 1. The van der Waals surface area contributed by atoms with Gasteiger partial charge in [0.15, 0.2) is 14.9 Å². The Balaban J connectivity index is 1.97. The summed E-state index contributed by atoms with van der Waals surface area (Å²) in [5, 5.41) is 11.2. The zero-order valence-corrected chi connectivity index (χ0v) is 17.3. The van der Waals surface area contributed by atoms with Gasteiger partial charge >= 0.3 is 6.18 Å². The lowest BCUT2D eigenvalue weighted by Gasteiger charge is -2.22. The minimum Gasteiger partial charge on any atom is -0.347 e. The van der Waals surface area contributed by atoms with Crippen LogP contribution in [-0.2, 0) is 20.8 Å².